The fourth-order valence-corrected chi connectivity index (χ4v) is 9.77. The van der Waals surface area contributed by atoms with Crippen LogP contribution < -0.4 is 5.32 Å². The Morgan fingerprint density at radius 2 is 0.904 bits per heavy atom. The third kappa shape index (κ3) is 31.3. The van der Waals surface area contributed by atoms with Crippen LogP contribution in [0.15, 0.2) is 36.5 Å². The lowest BCUT2D eigenvalue weighted by Crippen LogP contribution is -2.65. The van der Waals surface area contributed by atoms with E-state index in [-0.39, 0.29) is 12.5 Å². The minimum Gasteiger partial charge on any atom is -0.394 e. The van der Waals surface area contributed by atoms with Gasteiger partial charge in [-0.1, -0.05) is 217 Å². The molecule has 12 atom stereocenters. The molecule has 2 aliphatic rings. The molecule has 12 unspecified atom stereocenters. The highest BCUT2D eigenvalue weighted by Crippen LogP contribution is 2.30. The first-order valence-electron chi connectivity index (χ1n) is 29.7. The van der Waals surface area contributed by atoms with Gasteiger partial charge in [0.15, 0.2) is 12.6 Å². The van der Waals surface area contributed by atoms with Gasteiger partial charge in [0.1, 0.15) is 48.8 Å². The summed E-state index contributed by atoms with van der Waals surface area (Å²) in [5.74, 6) is -0.209. The molecule has 0 aromatic heterocycles. The van der Waals surface area contributed by atoms with Crippen LogP contribution in [0.1, 0.15) is 239 Å². The average molecular weight is 1040 g/mol. The van der Waals surface area contributed by atoms with Gasteiger partial charge in [0.2, 0.25) is 5.91 Å². The van der Waals surface area contributed by atoms with Gasteiger partial charge in [0.05, 0.1) is 32.0 Å². The largest absolute Gasteiger partial charge is 0.394 e. The Kier molecular flexibility index (Phi) is 41.7. The second-order valence-electron chi connectivity index (χ2n) is 21.1. The van der Waals surface area contributed by atoms with E-state index < -0.39 is 86.8 Å². The maximum Gasteiger partial charge on any atom is 0.220 e. The number of unbranched alkanes of at least 4 members (excludes halogenated alkanes) is 28. The van der Waals surface area contributed by atoms with E-state index in [9.17, 15) is 45.6 Å². The number of nitrogens with one attached hydrogen (secondary N) is 1. The van der Waals surface area contributed by atoms with Crippen LogP contribution in [0.5, 0.6) is 0 Å². The molecule has 2 rings (SSSR count). The number of carbonyl (C=O) groups is 1. The zero-order valence-electron chi connectivity index (χ0n) is 45.9. The van der Waals surface area contributed by atoms with Crippen LogP contribution >= 0.6 is 0 Å². The number of amides is 1. The third-order valence-electron chi connectivity index (χ3n) is 14.6. The Labute approximate surface area is 442 Å². The van der Waals surface area contributed by atoms with E-state index in [2.05, 4.69) is 55.6 Å². The number of hydrogen-bond acceptors (Lipinski definition) is 13. The first-order chi connectivity index (χ1) is 35.6. The first-order valence-corrected chi connectivity index (χ1v) is 29.7. The zero-order chi connectivity index (χ0) is 53.2. The van der Waals surface area contributed by atoms with Crippen LogP contribution in [0, 0.1) is 0 Å². The molecule has 0 radical (unpaired) electrons. The number of aliphatic hydroxyl groups is 8. The monoisotopic (exact) mass is 1040 g/mol. The van der Waals surface area contributed by atoms with E-state index in [1.165, 1.54) is 148 Å². The fourth-order valence-electron chi connectivity index (χ4n) is 9.77. The molecule has 0 aromatic carbocycles. The summed E-state index contributed by atoms with van der Waals surface area (Å²) in [7, 11) is 0. The topological polar surface area (TPSA) is 228 Å². The second kappa shape index (κ2) is 45.3. The fraction of sp³-hybridized carbons (Fsp3) is 0.881. The van der Waals surface area contributed by atoms with Gasteiger partial charge < -0.3 is 65.1 Å². The maximum absolute atomic E-state index is 13.2. The number of carbonyl (C=O) groups excluding carboxylic acids is 1. The number of allylic oxidation sites excluding steroid dienone is 6. The molecule has 1 amide bonds. The van der Waals surface area contributed by atoms with Gasteiger partial charge in [-0.3, -0.25) is 4.79 Å². The van der Waals surface area contributed by atoms with E-state index in [4.69, 9.17) is 18.9 Å². The van der Waals surface area contributed by atoms with Gasteiger partial charge in [-0.2, -0.15) is 0 Å². The molecule has 0 aromatic rings. The van der Waals surface area contributed by atoms with Crippen LogP contribution in [-0.2, 0) is 23.7 Å². The zero-order valence-corrected chi connectivity index (χ0v) is 45.9. The van der Waals surface area contributed by atoms with Gasteiger partial charge in [0, 0.05) is 6.42 Å². The highest BCUT2D eigenvalue weighted by Gasteiger charge is 2.51. The molecule has 0 saturated carbocycles. The van der Waals surface area contributed by atoms with E-state index in [1.807, 2.05) is 0 Å². The molecule has 0 aliphatic carbocycles. The lowest BCUT2D eigenvalue weighted by Gasteiger charge is -2.46. The number of hydrogen-bond donors (Lipinski definition) is 9. The summed E-state index contributed by atoms with van der Waals surface area (Å²) in [6.07, 6.45) is 37.4. The summed E-state index contributed by atoms with van der Waals surface area (Å²) >= 11 is 0. The van der Waals surface area contributed by atoms with Crippen molar-refractivity contribution in [3.05, 3.63) is 36.5 Å². The molecular formula is C59H109NO13. The minimum atomic E-state index is -1.78. The Hall–Kier alpha value is -1.79. The average Bonchev–Trinajstić information content (AvgIpc) is 3.39. The van der Waals surface area contributed by atoms with Crippen LogP contribution in [-0.4, -0.2) is 140 Å². The molecule has 428 valence electrons. The summed E-state index contributed by atoms with van der Waals surface area (Å²) in [6, 6.07) is -0.827. The van der Waals surface area contributed by atoms with Gasteiger partial charge in [0.25, 0.3) is 0 Å². The van der Waals surface area contributed by atoms with Crippen LogP contribution in [0.3, 0.4) is 0 Å². The Morgan fingerprint density at radius 1 is 0.493 bits per heavy atom. The predicted octanol–water partition coefficient (Wildman–Crippen LogP) is 9.83. The molecular weight excluding hydrogens is 931 g/mol. The van der Waals surface area contributed by atoms with Crippen molar-refractivity contribution in [3.8, 4) is 0 Å². The second-order valence-corrected chi connectivity index (χ2v) is 21.1. The van der Waals surface area contributed by atoms with Gasteiger partial charge in [-0.15, -0.1) is 0 Å². The van der Waals surface area contributed by atoms with Crippen molar-refractivity contribution in [1.82, 2.24) is 5.32 Å². The lowest BCUT2D eigenvalue weighted by molar-refractivity contribution is -0.359. The van der Waals surface area contributed by atoms with Gasteiger partial charge in [-0.05, 0) is 51.4 Å². The Bertz CT molecular complexity index is 1370. The molecule has 14 heteroatoms. The number of ether oxygens (including phenoxy) is 4. The molecule has 9 N–H and O–H groups in total. The highest BCUT2D eigenvalue weighted by molar-refractivity contribution is 5.76. The van der Waals surface area contributed by atoms with Crippen LogP contribution in [0.25, 0.3) is 0 Å². The summed E-state index contributed by atoms with van der Waals surface area (Å²) in [5, 5.41) is 87.0. The van der Waals surface area contributed by atoms with E-state index >= 15 is 0 Å². The normalized spacial score (nSPS) is 25.6. The standard InChI is InChI=1S/C59H109NO13/c1-3-5-7-9-11-13-15-16-17-18-19-20-21-22-23-24-25-26-27-28-29-30-31-32-33-35-37-39-41-43-51(64)60-47(48(63)42-40-38-36-34-14-12-10-8-6-4-2)46-70-58-56(69)54(67)57(50(45-62)72-58)73-59-55(68)53(66)52(65)49(44-61)71-59/h15-16,18-19,21-22,47-50,52-59,61-63,65-69H,3-14,17,20,23-46H2,1-2H3,(H,60,64)/b16-15-,19-18-,22-21-. The molecule has 73 heavy (non-hydrogen) atoms. The maximum atomic E-state index is 13.2. The molecule has 0 bridgehead atoms. The van der Waals surface area contributed by atoms with Crippen LogP contribution in [0.4, 0.5) is 0 Å². The molecule has 14 nitrogen and oxygen atoms in total. The van der Waals surface area contributed by atoms with Crippen molar-refractivity contribution in [2.45, 2.75) is 312 Å². The van der Waals surface area contributed by atoms with Crippen molar-refractivity contribution in [1.29, 1.82) is 0 Å². The summed E-state index contributed by atoms with van der Waals surface area (Å²) < 4.78 is 22.8. The van der Waals surface area contributed by atoms with Crippen molar-refractivity contribution >= 4 is 5.91 Å². The van der Waals surface area contributed by atoms with Crippen molar-refractivity contribution in [2.75, 3.05) is 19.8 Å². The summed E-state index contributed by atoms with van der Waals surface area (Å²) in [6.45, 7) is 2.83. The molecule has 2 heterocycles. The number of aliphatic hydroxyl groups excluding tert-OH is 8. The van der Waals surface area contributed by atoms with Crippen molar-refractivity contribution in [2.24, 2.45) is 0 Å². The van der Waals surface area contributed by atoms with Crippen LogP contribution in [0.2, 0.25) is 0 Å². The molecule has 0 spiro atoms. The third-order valence-corrected chi connectivity index (χ3v) is 14.6. The van der Waals surface area contributed by atoms with Crippen molar-refractivity contribution in [3.63, 3.8) is 0 Å². The molecule has 2 aliphatic heterocycles. The molecule has 2 fully saturated rings. The van der Waals surface area contributed by atoms with Gasteiger partial charge >= 0.3 is 0 Å². The summed E-state index contributed by atoms with van der Waals surface area (Å²) in [4.78, 5) is 13.2. The lowest BCUT2D eigenvalue weighted by atomic mass is 9.97. The predicted molar refractivity (Wildman–Crippen MR) is 291 cm³/mol. The Morgan fingerprint density at radius 3 is 1.38 bits per heavy atom. The number of rotatable bonds is 47. The SMILES string of the molecule is CCCCCCC/C=C\C/C=C\C/C=C\CCCCCCCCCCCCCCCCC(=O)NC(COC1OC(CO)C(OC2OC(CO)C(O)C(O)C2O)C(O)C1O)C(O)CCCCCCCCCCCC. The summed E-state index contributed by atoms with van der Waals surface area (Å²) in [5.41, 5.74) is 0. The molecule has 2 saturated heterocycles. The quantitative estimate of drug-likeness (QED) is 0.0205. The first kappa shape index (κ1) is 67.3. The Balaban J connectivity index is 1.65. The van der Waals surface area contributed by atoms with E-state index in [1.54, 1.807) is 0 Å². The van der Waals surface area contributed by atoms with Crippen molar-refractivity contribution < 1.29 is 64.6 Å². The smallest absolute Gasteiger partial charge is 0.220 e. The van der Waals surface area contributed by atoms with Gasteiger partial charge in [-0.25, -0.2) is 0 Å². The van der Waals surface area contributed by atoms with E-state index in [0.717, 1.165) is 64.2 Å². The minimum absolute atomic E-state index is 0.209. The highest BCUT2D eigenvalue weighted by atomic mass is 16.7. The van der Waals surface area contributed by atoms with E-state index in [0.29, 0.717) is 12.8 Å².